The van der Waals surface area contributed by atoms with Gasteiger partial charge in [-0.1, -0.05) is 0 Å². The van der Waals surface area contributed by atoms with Gasteiger partial charge in [0.15, 0.2) is 0 Å². The first-order valence-electron chi connectivity index (χ1n) is 5.99. The van der Waals surface area contributed by atoms with Crippen molar-refractivity contribution >= 4 is 5.91 Å². The zero-order valence-electron chi connectivity index (χ0n) is 10.6. The van der Waals surface area contributed by atoms with Crippen molar-refractivity contribution in [3.63, 3.8) is 0 Å². The third kappa shape index (κ3) is 2.49. The maximum atomic E-state index is 12.3. The average Bonchev–Trinajstić information content (AvgIpc) is 2.68. The van der Waals surface area contributed by atoms with E-state index in [0.717, 1.165) is 11.4 Å². The van der Waals surface area contributed by atoms with Crippen LogP contribution in [0.4, 0.5) is 0 Å². The summed E-state index contributed by atoms with van der Waals surface area (Å²) >= 11 is 0. The second kappa shape index (κ2) is 4.87. The molecule has 1 unspecified atom stereocenters. The minimum absolute atomic E-state index is 0.125. The molecular formula is C12H19N3O2. The van der Waals surface area contributed by atoms with Crippen LogP contribution < -0.4 is 0 Å². The van der Waals surface area contributed by atoms with Crippen LogP contribution in [-0.2, 0) is 9.53 Å². The lowest BCUT2D eigenvalue weighted by Crippen LogP contribution is -2.44. The SMILES string of the molecule is Cc1cc(C)n(C(C)C(=O)N2CCOCC2)n1. The first-order valence-corrected chi connectivity index (χ1v) is 5.99. The molecule has 94 valence electrons. The molecule has 1 fully saturated rings. The van der Waals surface area contributed by atoms with E-state index in [-0.39, 0.29) is 11.9 Å². The number of morpholine rings is 1. The third-order valence-corrected chi connectivity index (χ3v) is 3.09. The van der Waals surface area contributed by atoms with Gasteiger partial charge in [0.05, 0.1) is 18.9 Å². The minimum Gasteiger partial charge on any atom is -0.378 e. The standard InChI is InChI=1S/C12H19N3O2/c1-9-8-10(2)15(13-9)11(3)12(16)14-4-6-17-7-5-14/h8,11H,4-7H2,1-3H3. The molecular weight excluding hydrogens is 218 g/mol. The van der Waals surface area contributed by atoms with E-state index in [9.17, 15) is 4.79 Å². The average molecular weight is 237 g/mol. The molecule has 0 radical (unpaired) electrons. The molecule has 0 aliphatic carbocycles. The maximum Gasteiger partial charge on any atom is 0.247 e. The van der Waals surface area contributed by atoms with E-state index in [2.05, 4.69) is 5.10 Å². The Morgan fingerprint density at radius 1 is 1.41 bits per heavy atom. The first kappa shape index (κ1) is 12.1. The Morgan fingerprint density at radius 3 is 2.59 bits per heavy atom. The highest BCUT2D eigenvalue weighted by atomic mass is 16.5. The normalized spacial score (nSPS) is 18.2. The predicted octanol–water partition coefficient (Wildman–Crippen LogP) is 0.920. The number of hydrogen-bond acceptors (Lipinski definition) is 3. The Kier molecular flexibility index (Phi) is 3.47. The number of nitrogens with zero attached hydrogens (tertiary/aromatic N) is 3. The van der Waals surface area contributed by atoms with Gasteiger partial charge >= 0.3 is 0 Å². The molecule has 1 aromatic heterocycles. The number of ether oxygens (including phenoxy) is 1. The van der Waals surface area contributed by atoms with Gasteiger partial charge in [-0.2, -0.15) is 5.10 Å². The van der Waals surface area contributed by atoms with Crippen molar-refractivity contribution in [2.45, 2.75) is 26.8 Å². The van der Waals surface area contributed by atoms with Gasteiger partial charge in [-0.25, -0.2) is 0 Å². The smallest absolute Gasteiger partial charge is 0.247 e. The molecule has 5 nitrogen and oxygen atoms in total. The highest BCUT2D eigenvalue weighted by Crippen LogP contribution is 2.14. The van der Waals surface area contributed by atoms with Crippen molar-refractivity contribution in [3.05, 3.63) is 17.5 Å². The second-order valence-corrected chi connectivity index (χ2v) is 4.49. The van der Waals surface area contributed by atoms with Crippen LogP contribution in [0.25, 0.3) is 0 Å². The monoisotopic (exact) mass is 237 g/mol. The summed E-state index contributed by atoms with van der Waals surface area (Å²) in [5.74, 6) is 0.125. The Hall–Kier alpha value is -1.36. The van der Waals surface area contributed by atoms with E-state index in [0.29, 0.717) is 26.3 Å². The topological polar surface area (TPSA) is 47.4 Å². The fourth-order valence-corrected chi connectivity index (χ4v) is 2.19. The lowest BCUT2D eigenvalue weighted by Gasteiger charge is -2.29. The summed E-state index contributed by atoms with van der Waals surface area (Å²) in [6.45, 7) is 8.45. The predicted molar refractivity (Wildman–Crippen MR) is 63.8 cm³/mol. The molecule has 0 bridgehead atoms. The van der Waals surface area contributed by atoms with E-state index < -0.39 is 0 Å². The summed E-state index contributed by atoms with van der Waals surface area (Å²) in [5, 5.41) is 4.36. The summed E-state index contributed by atoms with van der Waals surface area (Å²) in [4.78, 5) is 14.1. The van der Waals surface area contributed by atoms with E-state index in [1.165, 1.54) is 0 Å². The summed E-state index contributed by atoms with van der Waals surface area (Å²) < 4.78 is 7.05. The first-order chi connectivity index (χ1) is 8.09. The minimum atomic E-state index is -0.234. The molecule has 1 saturated heterocycles. The molecule has 0 spiro atoms. The Morgan fingerprint density at radius 2 is 2.06 bits per heavy atom. The molecule has 2 heterocycles. The molecule has 0 saturated carbocycles. The van der Waals surface area contributed by atoms with Crippen LogP contribution in [0.2, 0.25) is 0 Å². The molecule has 0 aromatic carbocycles. The second-order valence-electron chi connectivity index (χ2n) is 4.49. The van der Waals surface area contributed by atoms with Crippen molar-refractivity contribution in [2.75, 3.05) is 26.3 Å². The van der Waals surface area contributed by atoms with Gasteiger partial charge in [0.25, 0.3) is 0 Å². The van der Waals surface area contributed by atoms with Gasteiger partial charge in [-0.3, -0.25) is 9.48 Å². The van der Waals surface area contributed by atoms with E-state index >= 15 is 0 Å². The number of carbonyl (C=O) groups excluding carboxylic acids is 1. The van der Waals surface area contributed by atoms with E-state index in [1.54, 1.807) is 4.68 Å². The van der Waals surface area contributed by atoms with Crippen molar-refractivity contribution in [3.8, 4) is 0 Å². The molecule has 1 amide bonds. The summed E-state index contributed by atoms with van der Waals surface area (Å²) in [7, 11) is 0. The van der Waals surface area contributed by atoms with Crippen LogP contribution in [0.1, 0.15) is 24.4 Å². The van der Waals surface area contributed by atoms with Gasteiger partial charge in [-0.05, 0) is 26.8 Å². The molecule has 17 heavy (non-hydrogen) atoms. The third-order valence-electron chi connectivity index (χ3n) is 3.09. The largest absolute Gasteiger partial charge is 0.378 e. The van der Waals surface area contributed by atoms with Crippen LogP contribution in [0.15, 0.2) is 6.07 Å². The molecule has 2 rings (SSSR count). The zero-order chi connectivity index (χ0) is 12.4. The highest BCUT2D eigenvalue weighted by Gasteiger charge is 2.24. The number of aromatic nitrogens is 2. The molecule has 1 aliphatic heterocycles. The van der Waals surface area contributed by atoms with E-state index in [4.69, 9.17) is 4.74 Å². The number of rotatable bonds is 2. The Bertz CT molecular complexity index is 408. The Balaban J connectivity index is 2.11. The van der Waals surface area contributed by atoms with Crippen molar-refractivity contribution < 1.29 is 9.53 Å². The summed E-state index contributed by atoms with van der Waals surface area (Å²) in [6, 6.07) is 1.75. The van der Waals surface area contributed by atoms with Crippen LogP contribution in [-0.4, -0.2) is 46.9 Å². The lowest BCUT2D eigenvalue weighted by molar-refractivity contribution is -0.138. The van der Waals surface area contributed by atoms with Crippen molar-refractivity contribution in [1.82, 2.24) is 14.7 Å². The zero-order valence-corrected chi connectivity index (χ0v) is 10.6. The van der Waals surface area contributed by atoms with Gasteiger partial charge in [0.2, 0.25) is 5.91 Å². The maximum absolute atomic E-state index is 12.3. The number of aryl methyl sites for hydroxylation is 2. The fourth-order valence-electron chi connectivity index (χ4n) is 2.19. The Labute approximate surface area is 101 Å². The summed E-state index contributed by atoms with van der Waals surface area (Å²) in [5.41, 5.74) is 1.97. The lowest BCUT2D eigenvalue weighted by atomic mass is 10.2. The van der Waals surface area contributed by atoms with Crippen molar-refractivity contribution in [2.24, 2.45) is 0 Å². The quantitative estimate of drug-likeness (QED) is 0.768. The molecule has 0 N–H and O–H groups in total. The van der Waals surface area contributed by atoms with E-state index in [1.807, 2.05) is 31.7 Å². The van der Waals surface area contributed by atoms with Gasteiger partial charge in [0.1, 0.15) is 6.04 Å². The van der Waals surface area contributed by atoms with Crippen LogP contribution in [0, 0.1) is 13.8 Å². The molecule has 1 aliphatic rings. The van der Waals surface area contributed by atoms with Crippen molar-refractivity contribution in [1.29, 1.82) is 0 Å². The number of hydrogen-bond donors (Lipinski definition) is 0. The van der Waals surface area contributed by atoms with Gasteiger partial charge < -0.3 is 9.64 Å². The molecule has 5 heteroatoms. The fraction of sp³-hybridized carbons (Fsp3) is 0.667. The van der Waals surface area contributed by atoms with Gasteiger partial charge in [-0.15, -0.1) is 0 Å². The molecule has 1 aromatic rings. The van der Waals surface area contributed by atoms with Crippen LogP contribution >= 0.6 is 0 Å². The van der Waals surface area contributed by atoms with Gasteiger partial charge in [0, 0.05) is 18.8 Å². The summed E-state index contributed by atoms with van der Waals surface area (Å²) in [6.07, 6.45) is 0. The molecule has 1 atom stereocenters. The van der Waals surface area contributed by atoms with Crippen LogP contribution in [0.3, 0.4) is 0 Å². The highest BCUT2D eigenvalue weighted by molar-refractivity contribution is 5.80. The number of amides is 1. The number of carbonyl (C=O) groups is 1. The van der Waals surface area contributed by atoms with Crippen LogP contribution in [0.5, 0.6) is 0 Å².